The molecule has 1 atom stereocenters. The lowest BCUT2D eigenvalue weighted by Crippen LogP contribution is -2.40. The summed E-state index contributed by atoms with van der Waals surface area (Å²) in [5.74, 6) is 1.78. The number of benzene rings is 1. The van der Waals surface area contributed by atoms with Gasteiger partial charge in [-0.2, -0.15) is 0 Å². The van der Waals surface area contributed by atoms with Gasteiger partial charge in [-0.25, -0.2) is 0 Å². The molecule has 4 nitrogen and oxygen atoms in total. The molecule has 1 aromatic carbocycles. The first-order chi connectivity index (χ1) is 10.8. The van der Waals surface area contributed by atoms with Crippen LogP contribution in [0.15, 0.2) is 29.3 Å². The molecular formula is C18H29IN4. The zero-order chi connectivity index (χ0) is 15.2. The van der Waals surface area contributed by atoms with Gasteiger partial charge in [0.05, 0.1) is 0 Å². The summed E-state index contributed by atoms with van der Waals surface area (Å²) < 4.78 is 0. The summed E-state index contributed by atoms with van der Waals surface area (Å²) in [4.78, 5) is 7.08. The quantitative estimate of drug-likeness (QED) is 0.725. The van der Waals surface area contributed by atoms with Gasteiger partial charge < -0.3 is 10.6 Å². The highest BCUT2D eigenvalue weighted by molar-refractivity contribution is 14.0. The van der Waals surface area contributed by atoms with E-state index in [0.717, 1.165) is 44.5 Å². The average Bonchev–Trinajstić information content (AvgIpc) is 2.55. The topological polar surface area (TPSA) is 39.7 Å². The minimum Gasteiger partial charge on any atom is -0.356 e. The molecule has 2 aliphatic heterocycles. The molecule has 1 aromatic rings. The second-order valence-electron chi connectivity index (χ2n) is 6.62. The van der Waals surface area contributed by atoms with Gasteiger partial charge in [0, 0.05) is 32.7 Å². The second kappa shape index (κ2) is 9.47. The number of nitrogens with one attached hydrogen (secondary N) is 2. The first kappa shape index (κ1) is 18.5. The maximum atomic E-state index is 4.48. The Morgan fingerprint density at radius 2 is 2.09 bits per heavy atom. The van der Waals surface area contributed by atoms with Crippen molar-refractivity contribution in [2.75, 3.05) is 26.2 Å². The molecule has 1 saturated heterocycles. The van der Waals surface area contributed by atoms with Crippen LogP contribution in [0.25, 0.3) is 0 Å². The largest absolute Gasteiger partial charge is 0.356 e. The van der Waals surface area contributed by atoms with Crippen LogP contribution in [0.4, 0.5) is 0 Å². The van der Waals surface area contributed by atoms with Crippen molar-refractivity contribution in [1.82, 2.24) is 15.5 Å². The minimum atomic E-state index is 0. The summed E-state index contributed by atoms with van der Waals surface area (Å²) in [5.41, 5.74) is 2.83. The van der Waals surface area contributed by atoms with Crippen LogP contribution in [0, 0.1) is 5.92 Å². The predicted molar refractivity (Wildman–Crippen MR) is 107 cm³/mol. The minimum absolute atomic E-state index is 0. The van der Waals surface area contributed by atoms with E-state index in [1.54, 1.807) is 0 Å². The summed E-state index contributed by atoms with van der Waals surface area (Å²) >= 11 is 0. The monoisotopic (exact) mass is 428 g/mol. The summed E-state index contributed by atoms with van der Waals surface area (Å²) in [6, 6.07) is 8.80. The Hall–Kier alpha value is -0.820. The standard InChI is InChI=1S/C18H28N4.HI/c1-15-6-4-11-22(13-15)14-17-8-3-2-7-16(17)12-21-18-19-9-5-10-20-18;/h2-3,7-8,15H,4-6,9-14H2,1H3,(H2,19,20,21);1H. The van der Waals surface area contributed by atoms with E-state index in [0.29, 0.717) is 0 Å². The van der Waals surface area contributed by atoms with Gasteiger partial charge in [0.1, 0.15) is 0 Å². The smallest absolute Gasteiger partial charge is 0.191 e. The number of hydrogen-bond acceptors (Lipinski definition) is 4. The number of likely N-dealkylation sites (tertiary alicyclic amines) is 1. The number of hydrogen-bond donors (Lipinski definition) is 2. The van der Waals surface area contributed by atoms with Gasteiger partial charge in [0.15, 0.2) is 5.96 Å². The van der Waals surface area contributed by atoms with E-state index in [2.05, 4.69) is 51.7 Å². The second-order valence-corrected chi connectivity index (χ2v) is 6.62. The molecular weight excluding hydrogens is 399 g/mol. The van der Waals surface area contributed by atoms with E-state index in [-0.39, 0.29) is 24.0 Å². The molecule has 0 saturated carbocycles. The van der Waals surface area contributed by atoms with E-state index < -0.39 is 0 Å². The highest BCUT2D eigenvalue weighted by atomic mass is 127. The highest BCUT2D eigenvalue weighted by Crippen LogP contribution is 2.19. The van der Waals surface area contributed by atoms with Gasteiger partial charge in [0.2, 0.25) is 0 Å². The van der Waals surface area contributed by atoms with E-state index in [4.69, 9.17) is 0 Å². The SMILES string of the molecule is CC1CCCN(Cc2ccccc2CNC2=NCCCN2)C1.I. The zero-order valence-corrected chi connectivity index (χ0v) is 16.4. The van der Waals surface area contributed by atoms with Crippen LogP contribution in [0.1, 0.15) is 37.3 Å². The lowest BCUT2D eigenvalue weighted by Gasteiger charge is -2.31. The van der Waals surface area contributed by atoms with Crippen LogP contribution in [0.3, 0.4) is 0 Å². The maximum Gasteiger partial charge on any atom is 0.191 e. The highest BCUT2D eigenvalue weighted by Gasteiger charge is 2.17. The van der Waals surface area contributed by atoms with E-state index in [9.17, 15) is 0 Å². The third-order valence-corrected chi connectivity index (χ3v) is 4.60. The molecule has 1 fully saturated rings. The molecule has 2 N–H and O–H groups in total. The molecule has 0 aliphatic carbocycles. The van der Waals surface area contributed by atoms with Crippen LogP contribution in [0.2, 0.25) is 0 Å². The fourth-order valence-corrected chi connectivity index (χ4v) is 3.39. The maximum absolute atomic E-state index is 4.48. The number of piperidine rings is 1. The Morgan fingerprint density at radius 3 is 2.83 bits per heavy atom. The third-order valence-electron chi connectivity index (χ3n) is 4.60. The normalized spacial score (nSPS) is 21.8. The van der Waals surface area contributed by atoms with Gasteiger partial charge in [-0.3, -0.25) is 9.89 Å². The number of aliphatic imine (C=N–C) groups is 1. The fourth-order valence-electron chi connectivity index (χ4n) is 3.39. The van der Waals surface area contributed by atoms with Crippen molar-refractivity contribution in [3.05, 3.63) is 35.4 Å². The van der Waals surface area contributed by atoms with Gasteiger partial charge in [0.25, 0.3) is 0 Å². The summed E-state index contributed by atoms with van der Waals surface area (Å²) in [6.07, 6.45) is 3.85. The lowest BCUT2D eigenvalue weighted by molar-refractivity contribution is 0.176. The molecule has 2 aliphatic rings. The Labute approximate surface area is 157 Å². The summed E-state index contributed by atoms with van der Waals surface area (Å²) in [7, 11) is 0. The van der Waals surface area contributed by atoms with Gasteiger partial charge >= 0.3 is 0 Å². The molecule has 5 heteroatoms. The average molecular weight is 428 g/mol. The molecule has 23 heavy (non-hydrogen) atoms. The van der Waals surface area contributed by atoms with Crippen molar-refractivity contribution < 1.29 is 0 Å². The number of nitrogens with zero attached hydrogens (tertiary/aromatic N) is 2. The molecule has 2 heterocycles. The van der Waals surface area contributed by atoms with Crippen molar-refractivity contribution in [2.45, 2.75) is 39.3 Å². The Kier molecular flexibility index (Phi) is 7.62. The number of halogens is 1. The van der Waals surface area contributed by atoms with E-state index in [1.165, 1.54) is 37.1 Å². The van der Waals surface area contributed by atoms with Crippen LogP contribution in [-0.4, -0.2) is 37.0 Å². The Bertz CT molecular complexity index is 517. The predicted octanol–water partition coefficient (Wildman–Crippen LogP) is 2.98. The van der Waals surface area contributed by atoms with Gasteiger partial charge in [-0.1, -0.05) is 31.2 Å². The van der Waals surface area contributed by atoms with Crippen molar-refractivity contribution in [3.63, 3.8) is 0 Å². The molecule has 0 radical (unpaired) electrons. The van der Waals surface area contributed by atoms with Crippen molar-refractivity contribution in [2.24, 2.45) is 10.9 Å². The summed E-state index contributed by atoms with van der Waals surface area (Å²) in [6.45, 7) is 8.72. The molecule has 0 aromatic heterocycles. The first-order valence-corrected chi connectivity index (χ1v) is 8.62. The number of rotatable bonds is 4. The molecule has 0 amide bonds. The van der Waals surface area contributed by atoms with Crippen molar-refractivity contribution in [3.8, 4) is 0 Å². The van der Waals surface area contributed by atoms with Crippen molar-refractivity contribution in [1.29, 1.82) is 0 Å². The molecule has 3 rings (SSSR count). The van der Waals surface area contributed by atoms with Crippen LogP contribution < -0.4 is 10.6 Å². The fraction of sp³-hybridized carbons (Fsp3) is 0.611. The van der Waals surface area contributed by atoms with Gasteiger partial charge in [-0.05, 0) is 42.9 Å². The Balaban J connectivity index is 0.00000192. The van der Waals surface area contributed by atoms with E-state index >= 15 is 0 Å². The molecule has 128 valence electrons. The van der Waals surface area contributed by atoms with Crippen LogP contribution in [-0.2, 0) is 13.1 Å². The number of guanidine groups is 1. The van der Waals surface area contributed by atoms with Crippen LogP contribution >= 0.6 is 24.0 Å². The summed E-state index contributed by atoms with van der Waals surface area (Å²) in [5, 5.41) is 6.77. The molecule has 0 spiro atoms. The molecule has 1 unspecified atom stereocenters. The third kappa shape index (κ3) is 5.64. The van der Waals surface area contributed by atoms with E-state index in [1.807, 2.05) is 0 Å². The lowest BCUT2D eigenvalue weighted by atomic mass is 9.99. The first-order valence-electron chi connectivity index (χ1n) is 8.62. The van der Waals surface area contributed by atoms with Crippen LogP contribution in [0.5, 0.6) is 0 Å². The zero-order valence-electron chi connectivity index (χ0n) is 14.1. The molecule has 0 bridgehead atoms. The van der Waals surface area contributed by atoms with Crippen molar-refractivity contribution >= 4 is 29.9 Å². The van der Waals surface area contributed by atoms with Gasteiger partial charge in [-0.15, -0.1) is 24.0 Å². The Morgan fingerprint density at radius 1 is 1.26 bits per heavy atom.